The average Bonchev–Trinajstić information content (AvgIpc) is 2.73. The van der Waals surface area contributed by atoms with Crippen LogP contribution in [0.15, 0.2) is 96.2 Å². The normalized spacial score (nSPS) is 11.6. The van der Waals surface area contributed by atoms with Crippen molar-refractivity contribution in [2.24, 2.45) is 0 Å². The van der Waals surface area contributed by atoms with Crippen LogP contribution in [-0.2, 0) is 14.8 Å². The van der Waals surface area contributed by atoms with E-state index < -0.39 is 10.0 Å². The molecule has 0 bridgehead atoms. The molecule has 3 rings (SSSR count). The maximum atomic E-state index is 12.3. The van der Waals surface area contributed by atoms with Crippen molar-refractivity contribution in [1.82, 2.24) is 9.97 Å². The first-order valence-corrected chi connectivity index (χ1v) is 10.1. The predicted molar refractivity (Wildman–Crippen MR) is 113 cm³/mol. The van der Waals surface area contributed by atoms with E-state index in [0.29, 0.717) is 5.69 Å². The van der Waals surface area contributed by atoms with E-state index in [-0.39, 0.29) is 16.8 Å². The van der Waals surface area contributed by atoms with Gasteiger partial charge in [-0.2, -0.15) is 0 Å². The van der Waals surface area contributed by atoms with Crippen LogP contribution in [0.4, 0.5) is 11.6 Å². The molecule has 0 aliphatic carbocycles. The lowest BCUT2D eigenvalue weighted by atomic mass is 10.2. The van der Waals surface area contributed by atoms with Crippen LogP contribution in [0, 0.1) is 0 Å². The number of carbonyl (C=O) groups is 1. The van der Waals surface area contributed by atoms with Gasteiger partial charge in [0.25, 0.3) is 10.0 Å². The molecule has 3 aromatic rings. The highest BCUT2D eigenvalue weighted by molar-refractivity contribution is 7.92. The molecule has 0 aliphatic rings. The number of amides is 1. The van der Waals surface area contributed by atoms with E-state index in [9.17, 15) is 13.2 Å². The van der Waals surface area contributed by atoms with E-state index in [1.807, 2.05) is 36.4 Å². The van der Waals surface area contributed by atoms with Crippen molar-refractivity contribution in [2.45, 2.75) is 4.90 Å². The number of sulfonamides is 1. The summed E-state index contributed by atoms with van der Waals surface area (Å²) in [6.45, 7) is 0. The molecule has 29 heavy (non-hydrogen) atoms. The van der Waals surface area contributed by atoms with Crippen molar-refractivity contribution in [2.75, 3.05) is 10.0 Å². The third-order valence-electron chi connectivity index (χ3n) is 3.67. The summed E-state index contributed by atoms with van der Waals surface area (Å²) in [5.41, 5.74) is 1.51. The Balaban J connectivity index is 1.58. The van der Waals surface area contributed by atoms with Gasteiger partial charge in [0.15, 0.2) is 0 Å². The van der Waals surface area contributed by atoms with Crippen molar-refractivity contribution < 1.29 is 13.2 Å². The molecule has 0 aliphatic heterocycles. The molecule has 0 radical (unpaired) electrons. The Kier molecular flexibility index (Phi) is 6.49. The maximum absolute atomic E-state index is 12.3. The molecule has 0 atom stereocenters. The highest BCUT2D eigenvalue weighted by atomic mass is 32.2. The minimum Gasteiger partial charge on any atom is -0.323 e. The summed E-state index contributed by atoms with van der Waals surface area (Å²) in [5.74, 6) is -0.340. The van der Waals surface area contributed by atoms with Crippen molar-refractivity contribution >= 4 is 33.6 Å². The lowest BCUT2D eigenvalue weighted by Crippen LogP contribution is -2.15. The number of hydrogen-bond acceptors (Lipinski definition) is 5. The summed E-state index contributed by atoms with van der Waals surface area (Å²) >= 11 is 0. The summed E-state index contributed by atoms with van der Waals surface area (Å²) in [7, 11) is -3.81. The van der Waals surface area contributed by atoms with Crippen molar-refractivity contribution in [3.8, 4) is 0 Å². The van der Waals surface area contributed by atoms with Gasteiger partial charge in [-0.3, -0.25) is 4.79 Å². The van der Waals surface area contributed by atoms with E-state index >= 15 is 0 Å². The van der Waals surface area contributed by atoms with Crippen LogP contribution in [0.2, 0.25) is 0 Å². The van der Waals surface area contributed by atoms with Crippen molar-refractivity contribution in [1.29, 1.82) is 0 Å². The van der Waals surface area contributed by atoms with Crippen LogP contribution in [0.1, 0.15) is 5.56 Å². The van der Waals surface area contributed by atoms with Crippen LogP contribution >= 0.6 is 0 Å². The molecule has 8 heteroatoms. The van der Waals surface area contributed by atoms with Gasteiger partial charge in [-0.05, 0) is 35.9 Å². The zero-order chi connectivity index (χ0) is 20.5. The van der Waals surface area contributed by atoms with E-state index in [2.05, 4.69) is 20.0 Å². The first-order valence-electron chi connectivity index (χ1n) is 8.64. The number of aromatic nitrogens is 2. The first-order chi connectivity index (χ1) is 14.0. The minimum atomic E-state index is -3.81. The Labute approximate surface area is 168 Å². The molecule has 2 aromatic carbocycles. The SMILES string of the molecule is O=C(/C=C/C=C/c1ccccc1)Nc1ccc(S(=O)(=O)Nc2ncccn2)cc1. The monoisotopic (exact) mass is 406 g/mol. The minimum absolute atomic E-state index is 0.0152. The van der Waals surface area contributed by atoms with E-state index in [1.54, 1.807) is 18.2 Å². The highest BCUT2D eigenvalue weighted by Crippen LogP contribution is 2.16. The summed E-state index contributed by atoms with van der Waals surface area (Å²) < 4.78 is 26.9. The molecule has 0 spiro atoms. The zero-order valence-corrected chi connectivity index (χ0v) is 16.1. The van der Waals surface area contributed by atoms with Gasteiger partial charge in [0, 0.05) is 24.2 Å². The number of hydrogen-bond donors (Lipinski definition) is 2. The Morgan fingerprint density at radius 2 is 1.55 bits per heavy atom. The lowest BCUT2D eigenvalue weighted by molar-refractivity contribution is -0.111. The Hall–Kier alpha value is -3.78. The summed E-state index contributed by atoms with van der Waals surface area (Å²) in [5, 5.41) is 2.67. The van der Waals surface area contributed by atoms with Crippen LogP contribution < -0.4 is 10.0 Å². The Bertz CT molecular complexity index is 1110. The second-order valence-electron chi connectivity index (χ2n) is 5.82. The van der Waals surface area contributed by atoms with Crippen LogP contribution in [0.3, 0.4) is 0 Å². The molecule has 1 amide bonds. The number of allylic oxidation sites excluding steroid dienone is 2. The molecular formula is C21H18N4O3S. The van der Waals surface area contributed by atoms with Crippen molar-refractivity contribution in [3.63, 3.8) is 0 Å². The zero-order valence-electron chi connectivity index (χ0n) is 15.3. The Morgan fingerprint density at radius 3 is 2.24 bits per heavy atom. The number of nitrogens with zero attached hydrogens (tertiary/aromatic N) is 2. The standard InChI is InChI=1S/C21H18N4O3S/c26-20(10-5-4-9-17-7-2-1-3-8-17)24-18-11-13-19(14-12-18)29(27,28)25-21-22-15-6-16-23-21/h1-16H,(H,24,26)(H,22,23,25)/b9-4+,10-5+. The van der Waals surface area contributed by atoms with Crippen LogP contribution in [0.25, 0.3) is 6.08 Å². The molecule has 0 unspecified atom stereocenters. The second-order valence-corrected chi connectivity index (χ2v) is 7.50. The molecule has 0 saturated carbocycles. The van der Waals surface area contributed by atoms with Gasteiger partial charge in [-0.15, -0.1) is 0 Å². The van der Waals surface area contributed by atoms with Gasteiger partial charge in [-0.25, -0.2) is 23.1 Å². The van der Waals surface area contributed by atoms with Gasteiger partial charge in [-0.1, -0.05) is 48.6 Å². The van der Waals surface area contributed by atoms with E-state index in [4.69, 9.17) is 0 Å². The first kappa shape index (κ1) is 20.0. The molecule has 146 valence electrons. The fraction of sp³-hybridized carbons (Fsp3) is 0. The van der Waals surface area contributed by atoms with Crippen molar-refractivity contribution in [3.05, 3.63) is 96.8 Å². The van der Waals surface area contributed by atoms with Gasteiger partial charge in [0.05, 0.1) is 4.90 Å². The van der Waals surface area contributed by atoms with E-state index in [0.717, 1.165) is 5.56 Å². The topological polar surface area (TPSA) is 101 Å². The predicted octanol–water partition coefficient (Wildman–Crippen LogP) is 3.49. The maximum Gasteiger partial charge on any atom is 0.264 e. The highest BCUT2D eigenvalue weighted by Gasteiger charge is 2.15. The summed E-state index contributed by atoms with van der Waals surface area (Å²) in [6, 6.07) is 17.1. The van der Waals surface area contributed by atoms with Crippen LogP contribution in [0.5, 0.6) is 0 Å². The second kappa shape index (κ2) is 9.43. The molecule has 0 fully saturated rings. The fourth-order valence-corrected chi connectivity index (χ4v) is 3.26. The molecule has 1 aromatic heterocycles. The molecule has 7 nitrogen and oxygen atoms in total. The number of benzene rings is 2. The number of carbonyl (C=O) groups excluding carboxylic acids is 1. The van der Waals surface area contributed by atoms with Gasteiger partial charge < -0.3 is 5.32 Å². The quantitative estimate of drug-likeness (QED) is 0.462. The summed E-state index contributed by atoms with van der Waals surface area (Å²) in [6.07, 6.45) is 9.54. The number of nitrogens with one attached hydrogen (secondary N) is 2. The average molecular weight is 406 g/mol. The van der Waals surface area contributed by atoms with Gasteiger partial charge in [0.2, 0.25) is 11.9 Å². The largest absolute Gasteiger partial charge is 0.323 e. The third-order valence-corrected chi connectivity index (χ3v) is 5.01. The lowest BCUT2D eigenvalue weighted by Gasteiger charge is -2.07. The number of rotatable bonds is 7. The molecule has 2 N–H and O–H groups in total. The van der Waals surface area contributed by atoms with Gasteiger partial charge >= 0.3 is 0 Å². The van der Waals surface area contributed by atoms with Gasteiger partial charge in [0.1, 0.15) is 0 Å². The molecular weight excluding hydrogens is 388 g/mol. The molecule has 1 heterocycles. The third kappa shape index (κ3) is 6.12. The smallest absolute Gasteiger partial charge is 0.264 e. The summed E-state index contributed by atoms with van der Waals surface area (Å²) in [4.78, 5) is 19.7. The Morgan fingerprint density at radius 1 is 0.862 bits per heavy atom. The van der Waals surface area contributed by atoms with E-state index in [1.165, 1.54) is 42.7 Å². The fourth-order valence-electron chi connectivity index (χ4n) is 2.31. The molecule has 0 saturated heterocycles. The number of anilines is 2. The van der Waals surface area contributed by atoms with Crippen LogP contribution in [-0.4, -0.2) is 24.3 Å².